The van der Waals surface area contributed by atoms with Gasteiger partial charge in [-0.05, 0) is 30.3 Å². The Kier molecular flexibility index (Phi) is 2.87. The van der Waals surface area contributed by atoms with E-state index in [0.29, 0.717) is 23.1 Å². The number of para-hydroxylation sites is 1. The summed E-state index contributed by atoms with van der Waals surface area (Å²) < 4.78 is 5.33. The minimum atomic E-state index is 0.406. The number of rotatable bonds is 2. The third kappa shape index (κ3) is 1.99. The number of anilines is 2. The maximum atomic E-state index is 6.01. The average Bonchev–Trinajstić information content (AvgIpc) is 2.47. The smallest absolute Gasteiger partial charge is 0.165 e. The molecule has 3 aromatic rings. The van der Waals surface area contributed by atoms with Crippen LogP contribution in [0.15, 0.2) is 42.5 Å². The minimum absolute atomic E-state index is 0.406. The summed E-state index contributed by atoms with van der Waals surface area (Å²) in [5.41, 5.74) is 14.0. The molecule has 0 aliphatic carbocycles. The van der Waals surface area contributed by atoms with Crippen molar-refractivity contribution >= 4 is 22.4 Å². The van der Waals surface area contributed by atoms with Crippen LogP contribution in [0.5, 0.6) is 5.75 Å². The predicted molar refractivity (Wildman–Crippen MR) is 80.4 cm³/mol. The molecule has 0 amide bonds. The Hall–Kier alpha value is -2.82. The number of hydrogen-bond acceptors (Lipinski definition) is 5. The molecule has 100 valence electrons. The van der Waals surface area contributed by atoms with Crippen LogP contribution in [0.4, 0.5) is 11.5 Å². The van der Waals surface area contributed by atoms with Gasteiger partial charge in [0.15, 0.2) is 5.82 Å². The second kappa shape index (κ2) is 4.70. The molecule has 4 N–H and O–H groups in total. The molecule has 0 saturated carbocycles. The molecule has 0 spiro atoms. The zero-order valence-electron chi connectivity index (χ0n) is 11.0. The van der Waals surface area contributed by atoms with E-state index in [9.17, 15) is 0 Å². The molecule has 5 nitrogen and oxygen atoms in total. The number of nitrogen functional groups attached to an aromatic ring is 2. The fourth-order valence-corrected chi connectivity index (χ4v) is 2.12. The van der Waals surface area contributed by atoms with Gasteiger partial charge in [-0.15, -0.1) is 0 Å². The van der Waals surface area contributed by atoms with E-state index in [4.69, 9.17) is 16.2 Å². The fourth-order valence-electron chi connectivity index (χ4n) is 2.12. The molecular formula is C15H14N4O. The van der Waals surface area contributed by atoms with Gasteiger partial charge >= 0.3 is 0 Å². The Balaban J connectivity index is 2.25. The Labute approximate surface area is 116 Å². The zero-order valence-corrected chi connectivity index (χ0v) is 11.0. The molecule has 5 heteroatoms. The van der Waals surface area contributed by atoms with E-state index < -0.39 is 0 Å². The van der Waals surface area contributed by atoms with E-state index in [1.54, 1.807) is 19.2 Å². The number of nitrogens with zero attached hydrogens (tertiary/aromatic N) is 2. The van der Waals surface area contributed by atoms with Crippen LogP contribution in [0.2, 0.25) is 0 Å². The van der Waals surface area contributed by atoms with Gasteiger partial charge in [0.2, 0.25) is 0 Å². The van der Waals surface area contributed by atoms with Crippen LogP contribution in [0.3, 0.4) is 0 Å². The van der Waals surface area contributed by atoms with E-state index in [0.717, 1.165) is 16.5 Å². The summed E-state index contributed by atoms with van der Waals surface area (Å²) in [5.74, 6) is 1.65. The normalized spacial score (nSPS) is 10.7. The van der Waals surface area contributed by atoms with E-state index in [2.05, 4.69) is 9.97 Å². The fraction of sp³-hybridized carbons (Fsp3) is 0.0667. The lowest BCUT2D eigenvalue weighted by atomic mass is 10.1. The van der Waals surface area contributed by atoms with Crippen LogP contribution < -0.4 is 16.2 Å². The van der Waals surface area contributed by atoms with Gasteiger partial charge in [0.25, 0.3) is 0 Å². The monoisotopic (exact) mass is 266 g/mol. The second-order valence-electron chi connectivity index (χ2n) is 4.41. The molecule has 1 heterocycles. The minimum Gasteiger partial charge on any atom is -0.496 e. The Bertz CT molecular complexity index is 786. The first-order valence-corrected chi connectivity index (χ1v) is 6.15. The molecule has 0 aliphatic rings. The predicted octanol–water partition coefficient (Wildman–Crippen LogP) is 2.47. The Morgan fingerprint density at radius 3 is 2.60 bits per heavy atom. The first-order valence-electron chi connectivity index (χ1n) is 6.15. The van der Waals surface area contributed by atoms with Crippen LogP contribution in [-0.4, -0.2) is 17.1 Å². The highest BCUT2D eigenvalue weighted by Gasteiger charge is 2.11. The standard InChI is InChI=1S/C15H14N4O/c1-20-13-5-3-2-4-10(13)15-18-12-7-6-9(16)8-11(12)14(17)19-15/h2-8H,16H2,1H3,(H2,17,18,19). The van der Waals surface area contributed by atoms with Crippen LogP contribution >= 0.6 is 0 Å². The number of fused-ring (bicyclic) bond motifs is 1. The molecular weight excluding hydrogens is 252 g/mol. The van der Waals surface area contributed by atoms with Crippen molar-refractivity contribution in [3.63, 3.8) is 0 Å². The molecule has 0 fully saturated rings. The van der Waals surface area contributed by atoms with Gasteiger partial charge in [0, 0.05) is 11.1 Å². The summed E-state index contributed by atoms with van der Waals surface area (Å²) in [5, 5.41) is 0.753. The van der Waals surface area contributed by atoms with E-state index >= 15 is 0 Å². The third-order valence-electron chi connectivity index (χ3n) is 3.10. The molecule has 1 aromatic heterocycles. The van der Waals surface area contributed by atoms with Gasteiger partial charge in [0.1, 0.15) is 11.6 Å². The Morgan fingerprint density at radius 1 is 1.00 bits per heavy atom. The molecule has 3 rings (SSSR count). The quantitative estimate of drug-likeness (QED) is 0.696. The number of ether oxygens (including phenoxy) is 1. The van der Waals surface area contributed by atoms with Crippen molar-refractivity contribution in [1.29, 1.82) is 0 Å². The maximum absolute atomic E-state index is 6.01. The molecule has 2 aromatic carbocycles. The number of benzene rings is 2. The van der Waals surface area contributed by atoms with Crippen molar-refractivity contribution in [3.8, 4) is 17.1 Å². The lowest BCUT2D eigenvalue weighted by molar-refractivity contribution is 0.416. The lowest BCUT2D eigenvalue weighted by Gasteiger charge is -2.09. The summed E-state index contributed by atoms with van der Waals surface area (Å²) >= 11 is 0. The number of hydrogen-bond donors (Lipinski definition) is 2. The highest BCUT2D eigenvalue weighted by Crippen LogP contribution is 2.30. The highest BCUT2D eigenvalue weighted by molar-refractivity contribution is 5.92. The van der Waals surface area contributed by atoms with E-state index in [1.165, 1.54) is 0 Å². The van der Waals surface area contributed by atoms with Crippen molar-refractivity contribution < 1.29 is 4.74 Å². The molecule has 20 heavy (non-hydrogen) atoms. The van der Waals surface area contributed by atoms with Crippen molar-refractivity contribution in [2.45, 2.75) is 0 Å². The third-order valence-corrected chi connectivity index (χ3v) is 3.10. The summed E-state index contributed by atoms with van der Waals surface area (Å²) in [7, 11) is 1.62. The van der Waals surface area contributed by atoms with Crippen LogP contribution in [0, 0.1) is 0 Å². The van der Waals surface area contributed by atoms with Crippen molar-refractivity contribution in [3.05, 3.63) is 42.5 Å². The van der Waals surface area contributed by atoms with Gasteiger partial charge in [0.05, 0.1) is 18.2 Å². The van der Waals surface area contributed by atoms with Gasteiger partial charge in [-0.2, -0.15) is 0 Å². The summed E-state index contributed by atoms with van der Waals surface area (Å²) in [6.07, 6.45) is 0. The van der Waals surface area contributed by atoms with Gasteiger partial charge in [-0.25, -0.2) is 9.97 Å². The van der Waals surface area contributed by atoms with Gasteiger partial charge in [-0.3, -0.25) is 0 Å². The summed E-state index contributed by atoms with van der Waals surface area (Å²) in [4.78, 5) is 8.88. The number of methoxy groups -OCH3 is 1. The van der Waals surface area contributed by atoms with Crippen LogP contribution in [-0.2, 0) is 0 Å². The second-order valence-corrected chi connectivity index (χ2v) is 4.41. The molecule has 0 bridgehead atoms. The van der Waals surface area contributed by atoms with Gasteiger partial charge in [-0.1, -0.05) is 12.1 Å². The van der Waals surface area contributed by atoms with Crippen LogP contribution in [0.25, 0.3) is 22.3 Å². The highest BCUT2D eigenvalue weighted by atomic mass is 16.5. The summed E-state index contributed by atoms with van der Waals surface area (Å²) in [6, 6.07) is 13.0. The Morgan fingerprint density at radius 2 is 1.80 bits per heavy atom. The van der Waals surface area contributed by atoms with Crippen LogP contribution in [0.1, 0.15) is 0 Å². The van der Waals surface area contributed by atoms with Crippen molar-refractivity contribution in [2.75, 3.05) is 18.6 Å². The topological polar surface area (TPSA) is 87.0 Å². The average molecular weight is 266 g/mol. The summed E-state index contributed by atoms with van der Waals surface area (Å²) in [6.45, 7) is 0. The molecule has 0 saturated heterocycles. The lowest BCUT2D eigenvalue weighted by Crippen LogP contribution is -1.99. The largest absolute Gasteiger partial charge is 0.496 e. The molecule has 0 aliphatic heterocycles. The van der Waals surface area contributed by atoms with E-state index in [1.807, 2.05) is 30.3 Å². The van der Waals surface area contributed by atoms with Crippen molar-refractivity contribution in [2.24, 2.45) is 0 Å². The zero-order chi connectivity index (χ0) is 14.1. The van der Waals surface area contributed by atoms with E-state index in [-0.39, 0.29) is 0 Å². The van der Waals surface area contributed by atoms with Gasteiger partial charge < -0.3 is 16.2 Å². The molecule has 0 atom stereocenters. The first-order chi connectivity index (χ1) is 9.69. The SMILES string of the molecule is COc1ccccc1-c1nc(N)c2cc(N)ccc2n1. The molecule has 0 unspecified atom stereocenters. The molecule has 0 radical (unpaired) electrons. The number of nitrogens with two attached hydrogens (primary N) is 2. The first kappa shape index (κ1) is 12.2. The maximum Gasteiger partial charge on any atom is 0.165 e. The van der Waals surface area contributed by atoms with Crippen molar-refractivity contribution in [1.82, 2.24) is 9.97 Å². The number of aromatic nitrogens is 2.